The molecule has 0 aromatic rings. The molecule has 0 amide bonds. The van der Waals surface area contributed by atoms with E-state index in [1.807, 2.05) is 0 Å². The van der Waals surface area contributed by atoms with Crippen molar-refractivity contribution in [2.45, 2.75) is 20.0 Å². The zero-order valence-corrected chi connectivity index (χ0v) is 6.48. The molecule has 0 radical (unpaired) electrons. The highest BCUT2D eigenvalue weighted by molar-refractivity contribution is 6.38. The summed E-state index contributed by atoms with van der Waals surface area (Å²) < 4.78 is 0. The molecule has 4 nitrogen and oxygen atoms in total. The standard InChI is InChI=1S/C7H10N2O2/c1-3-4-6(11)7(9-8)5(2)10/h3-4,6,11H,1-2H3/b4-3+. The third kappa shape index (κ3) is 2.89. The Labute approximate surface area is 64.8 Å². The number of allylic oxidation sites excluding steroid dienone is 1. The molecule has 0 aliphatic rings. The number of ketones is 1. The second-order valence-electron chi connectivity index (χ2n) is 2.01. The molecule has 60 valence electrons. The summed E-state index contributed by atoms with van der Waals surface area (Å²) in [6.07, 6.45) is 1.82. The fourth-order valence-corrected chi connectivity index (χ4v) is 0.611. The lowest BCUT2D eigenvalue weighted by molar-refractivity contribution is -0.116. The van der Waals surface area contributed by atoms with Gasteiger partial charge in [-0.3, -0.25) is 4.79 Å². The number of rotatable bonds is 3. The average Bonchev–Trinajstić information content (AvgIpc) is 1.88. The monoisotopic (exact) mass is 154 g/mol. The summed E-state index contributed by atoms with van der Waals surface area (Å²) in [5, 5.41) is 9.08. The van der Waals surface area contributed by atoms with Gasteiger partial charge in [-0.1, -0.05) is 6.08 Å². The molecule has 0 fully saturated rings. The molecule has 0 aliphatic carbocycles. The summed E-state index contributed by atoms with van der Waals surface area (Å²) >= 11 is 0. The minimum atomic E-state index is -1.11. The average molecular weight is 154 g/mol. The van der Waals surface area contributed by atoms with Gasteiger partial charge in [0.25, 0.3) is 0 Å². The lowest BCUT2D eigenvalue weighted by Crippen LogP contribution is -2.25. The van der Waals surface area contributed by atoms with Crippen LogP contribution >= 0.6 is 0 Å². The van der Waals surface area contributed by atoms with E-state index in [9.17, 15) is 4.79 Å². The number of hydrogen-bond donors (Lipinski definition) is 1. The van der Waals surface area contributed by atoms with Gasteiger partial charge in [0.2, 0.25) is 5.78 Å². The van der Waals surface area contributed by atoms with E-state index in [0.717, 1.165) is 0 Å². The van der Waals surface area contributed by atoms with Crippen molar-refractivity contribution in [2.24, 2.45) is 0 Å². The molecule has 1 atom stereocenters. The SMILES string of the molecule is C/C=C/C(O)C(=[N+]=[N-])C(C)=O. The maximum absolute atomic E-state index is 10.6. The zero-order chi connectivity index (χ0) is 8.85. The van der Waals surface area contributed by atoms with Gasteiger partial charge in [-0.15, -0.1) is 0 Å². The largest absolute Gasteiger partial charge is 0.377 e. The summed E-state index contributed by atoms with van der Waals surface area (Å²) in [5.41, 5.74) is 8.02. The number of Topliss-reactive ketones (excluding diaryl/α,β-unsaturated/α-hetero) is 1. The first kappa shape index (κ1) is 9.75. The van der Waals surface area contributed by atoms with E-state index >= 15 is 0 Å². The van der Waals surface area contributed by atoms with E-state index in [1.165, 1.54) is 13.0 Å². The molecule has 11 heavy (non-hydrogen) atoms. The summed E-state index contributed by atoms with van der Waals surface area (Å²) in [6, 6.07) is 0. The van der Waals surface area contributed by atoms with Crippen LogP contribution in [-0.2, 0) is 4.79 Å². The molecule has 0 bridgehead atoms. The van der Waals surface area contributed by atoms with Gasteiger partial charge in [0.1, 0.15) is 0 Å². The Balaban J connectivity index is 4.54. The van der Waals surface area contributed by atoms with Crippen molar-refractivity contribution in [2.75, 3.05) is 0 Å². The third-order valence-electron chi connectivity index (χ3n) is 1.12. The van der Waals surface area contributed by atoms with Gasteiger partial charge < -0.3 is 10.6 Å². The van der Waals surface area contributed by atoms with Crippen molar-refractivity contribution in [1.82, 2.24) is 0 Å². The molecule has 4 heteroatoms. The van der Waals surface area contributed by atoms with Crippen molar-refractivity contribution in [3.63, 3.8) is 0 Å². The van der Waals surface area contributed by atoms with E-state index in [1.54, 1.807) is 13.0 Å². The summed E-state index contributed by atoms with van der Waals surface area (Å²) in [6.45, 7) is 2.92. The number of aliphatic hydroxyl groups is 1. The van der Waals surface area contributed by atoms with Crippen LogP contribution in [-0.4, -0.2) is 27.5 Å². The first-order valence-corrected chi connectivity index (χ1v) is 3.17. The van der Waals surface area contributed by atoms with Gasteiger partial charge in [-0.2, -0.15) is 4.79 Å². The summed E-state index contributed by atoms with van der Waals surface area (Å²) in [7, 11) is 0. The number of carbonyl (C=O) groups is 1. The number of aliphatic hydroxyl groups excluding tert-OH is 1. The van der Waals surface area contributed by atoms with Crippen LogP contribution in [0.1, 0.15) is 13.8 Å². The van der Waals surface area contributed by atoms with Crippen LogP contribution in [0.5, 0.6) is 0 Å². The van der Waals surface area contributed by atoms with Crippen molar-refractivity contribution in [3.05, 3.63) is 17.7 Å². The Kier molecular flexibility index (Phi) is 4.03. The van der Waals surface area contributed by atoms with E-state index in [-0.39, 0.29) is 5.71 Å². The van der Waals surface area contributed by atoms with Crippen LogP contribution < -0.4 is 0 Å². The van der Waals surface area contributed by atoms with Crippen LogP contribution in [0.2, 0.25) is 0 Å². The lowest BCUT2D eigenvalue weighted by atomic mass is 10.1. The van der Waals surface area contributed by atoms with Gasteiger partial charge in [-0.05, 0) is 13.0 Å². The van der Waals surface area contributed by atoms with Crippen LogP contribution in [0.25, 0.3) is 5.53 Å². The smallest absolute Gasteiger partial charge is 0.366 e. The number of carbonyl (C=O) groups excluding carboxylic acids is 1. The molecule has 0 saturated heterocycles. The predicted molar refractivity (Wildman–Crippen MR) is 40.1 cm³/mol. The first-order chi connectivity index (χ1) is 5.13. The molecular formula is C7H10N2O2. The molecule has 0 spiro atoms. The minimum absolute atomic E-state index is 0.247. The minimum Gasteiger partial charge on any atom is -0.377 e. The molecule has 0 heterocycles. The van der Waals surface area contributed by atoms with Gasteiger partial charge >= 0.3 is 5.71 Å². The van der Waals surface area contributed by atoms with Crippen LogP contribution in [0, 0.1) is 0 Å². The highest BCUT2D eigenvalue weighted by Crippen LogP contribution is 1.89. The van der Waals surface area contributed by atoms with Gasteiger partial charge in [0, 0.05) is 6.92 Å². The molecule has 0 aromatic heterocycles. The van der Waals surface area contributed by atoms with Crippen LogP contribution in [0.15, 0.2) is 12.2 Å². The lowest BCUT2D eigenvalue weighted by Gasteiger charge is -1.94. The molecular weight excluding hydrogens is 144 g/mol. The Morgan fingerprint density at radius 1 is 1.73 bits per heavy atom. The highest BCUT2D eigenvalue weighted by atomic mass is 16.3. The van der Waals surface area contributed by atoms with Crippen molar-refractivity contribution < 1.29 is 14.7 Å². The molecule has 0 aliphatic heterocycles. The van der Waals surface area contributed by atoms with Crippen LogP contribution in [0.3, 0.4) is 0 Å². The fraction of sp³-hybridized carbons (Fsp3) is 0.429. The van der Waals surface area contributed by atoms with Crippen LogP contribution in [0.4, 0.5) is 0 Å². The number of nitrogens with zero attached hydrogens (tertiary/aromatic N) is 2. The Morgan fingerprint density at radius 2 is 2.27 bits per heavy atom. The first-order valence-electron chi connectivity index (χ1n) is 3.17. The van der Waals surface area contributed by atoms with Crippen molar-refractivity contribution in [1.29, 1.82) is 0 Å². The Hall–Kier alpha value is -1.25. The quantitative estimate of drug-likeness (QED) is 0.272. The molecule has 0 aromatic carbocycles. The van der Waals surface area contributed by atoms with Gasteiger partial charge in [-0.25, -0.2) is 0 Å². The van der Waals surface area contributed by atoms with E-state index < -0.39 is 11.9 Å². The van der Waals surface area contributed by atoms with Crippen molar-refractivity contribution in [3.8, 4) is 0 Å². The summed E-state index contributed by atoms with van der Waals surface area (Å²) in [4.78, 5) is 13.3. The van der Waals surface area contributed by atoms with E-state index in [2.05, 4.69) is 4.79 Å². The molecule has 1 unspecified atom stereocenters. The van der Waals surface area contributed by atoms with Gasteiger partial charge in [0.05, 0.1) is 0 Å². The normalized spacial score (nSPS) is 12.6. The summed E-state index contributed by atoms with van der Waals surface area (Å²) in [5.74, 6) is -0.446. The maximum Gasteiger partial charge on any atom is 0.366 e. The van der Waals surface area contributed by atoms with E-state index in [4.69, 9.17) is 10.6 Å². The second-order valence-corrected chi connectivity index (χ2v) is 2.01. The topological polar surface area (TPSA) is 73.7 Å². The molecule has 0 saturated carbocycles. The molecule has 0 rings (SSSR count). The van der Waals surface area contributed by atoms with Crippen molar-refractivity contribution >= 4 is 11.5 Å². The Bertz CT molecular complexity index is 227. The van der Waals surface area contributed by atoms with Gasteiger partial charge in [0.15, 0.2) is 6.10 Å². The maximum atomic E-state index is 10.6. The van der Waals surface area contributed by atoms with E-state index in [0.29, 0.717) is 0 Å². The molecule has 1 N–H and O–H groups in total. The Morgan fingerprint density at radius 3 is 2.55 bits per heavy atom. The second kappa shape index (κ2) is 4.55. The number of hydrogen-bond acceptors (Lipinski definition) is 2. The highest BCUT2D eigenvalue weighted by Gasteiger charge is 2.22. The third-order valence-corrected chi connectivity index (χ3v) is 1.12. The predicted octanol–water partition coefficient (Wildman–Crippen LogP) is 0.183. The zero-order valence-electron chi connectivity index (χ0n) is 6.48. The fourth-order valence-electron chi connectivity index (χ4n) is 0.611.